The highest BCUT2D eigenvalue weighted by molar-refractivity contribution is 7.80. The van der Waals surface area contributed by atoms with Gasteiger partial charge in [0.2, 0.25) is 0 Å². The molecule has 2 aromatic rings. The van der Waals surface area contributed by atoms with Gasteiger partial charge in [0.05, 0.1) is 0 Å². The summed E-state index contributed by atoms with van der Waals surface area (Å²) in [5.41, 5.74) is 4.56. The summed E-state index contributed by atoms with van der Waals surface area (Å²) in [6, 6.07) is 14.5. The Morgan fingerprint density at radius 3 is 2.36 bits per heavy atom. The Kier molecular flexibility index (Phi) is 5.81. The van der Waals surface area contributed by atoms with Gasteiger partial charge in [0.1, 0.15) is 0 Å². The van der Waals surface area contributed by atoms with E-state index in [1.807, 2.05) is 37.1 Å². The van der Waals surface area contributed by atoms with E-state index in [0.717, 1.165) is 29.2 Å². The highest BCUT2D eigenvalue weighted by Gasteiger charge is 2.07. The molecule has 2 aromatic carbocycles. The van der Waals surface area contributed by atoms with Crippen molar-refractivity contribution in [1.82, 2.24) is 4.90 Å². The van der Waals surface area contributed by atoms with Gasteiger partial charge in [-0.25, -0.2) is 0 Å². The number of aryl methyl sites for hydroxylation is 2. The van der Waals surface area contributed by atoms with E-state index >= 15 is 0 Å². The first-order valence-corrected chi connectivity index (χ1v) is 8.14. The van der Waals surface area contributed by atoms with Crippen LogP contribution in [0.15, 0.2) is 42.5 Å². The van der Waals surface area contributed by atoms with Crippen molar-refractivity contribution < 1.29 is 0 Å². The first-order valence-electron chi connectivity index (χ1n) is 7.35. The Labute approximate surface area is 143 Å². The molecule has 0 aliphatic carbocycles. The van der Waals surface area contributed by atoms with Crippen LogP contribution in [0.1, 0.15) is 23.6 Å². The van der Waals surface area contributed by atoms with Gasteiger partial charge in [0.15, 0.2) is 5.11 Å². The Bertz CT molecular complexity index is 653. The van der Waals surface area contributed by atoms with E-state index in [-0.39, 0.29) is 0 Å². The molecule has 0 aromatic heterocycles. The summed E-state index contributed by atoms with van der Waals surface area (Å²) >= 11 is 11.6. The first-order chi connectivity index (χ1) is 10.5. The summed E-state index contributed by atoms with van der Waals surface area (Å²) in [5, 5.41) is 4.65. The van der Waals surface area contributed by atoms with Crippen molar-refractivity contribution in [2.45, 2.75) is 26.8 Å². The van der Waals surface area contributed by atoms with E-state index in [0.29, 0.717) is 5.11 Å². The fourth-order valence-electron chi connectivity index (χ4n) is 2.12. The van der Waals surface area contributed by atoms with Gasteiger partial charge in [-0.05, 0) is 54.4 Å². The van der Waals surface area contributed by atoms with E-state index < -0.39 is 0 Å². The van der Waals surface area contributed by atoms with Gasteiger partial charge in [-0.3, -0.25) is 0 Å². The SMILES string of the molecule is CCc1ccc(CN(C)C(=S)Nc2ccc(C)c(Cl)c2)cc1. The summed E-state index contributed by atoms with van der Waals surface area (Å²) in [5.74, 6) is 0. The van der Waals surface area contributed by atoms with Crippen molar-refractivity contribution in [1.29, 1.82) is 0 Å². The molecule has 0 aliphatic rings. The van der Waals surface area contributed by atoms with Crippen LogP contribution in [-0.4, -0.2) is 17.1 Å². The third kappa shape index (κ3) is 4.46. The third-order valence-corrected chi connectivity index (χ3v) is 4.44. The van der Waals surface area contributed by atoms with Gasteiger partial charge in [-0.2, -0.15) is 0 Å². The second kappa shape index (κ2) is 7.61. The molecule has 0 saturated heterocycles. The summed E-state index contributed by atoms with van der Waals surface area (Å²) in [6.45, 7) is 4.92. The van der Waals surface area contributed by atoms with Crippen LogP contribution in [0.25, 0.3) is 0 Å². The van der Waals surface area contributed by atoms with E-state index in [1.54, 1.807) is 0 Å². The minimum Gasteiger partial charge on any atom is -0.348 e. The number of nitrogens with zero attached hydrogens (tertiary/aromatic N) is 1. The van der Waals surface area contributed by atoms with Gasteiger partial charge in [-0.1, -0.05) is 48.9 Å². The van der Waals surface area contributed by atoms with E-state index in [1.165, 1.54) is 11.1 Å². The van der Waals surface area contributed by atoms with Crippen LogP contribution in [0.3, 0.4) is 0 Å². The fraction of sp³-hybridized carbons (Fsp3) is 0.278. The molecule has 0 atom stereocenters. The van der Waals surface area contributed by atoms with Crippen molar-refractivity contribution in [3.8, 4) is 0 Å². The molecular weight excluding hydrogens is 312 g/mol. The quantitative estimate of drug-likeness (QED) is 0.790. The average Bonchev–Trinajstić information content (AvgIpc) is 2.51. The van der Waals surface area contributed by atoms with Crippen molar-refractivity contribution in [2.24, 2.45) is 0 Å². The number of nitrogens with one attached hydrogen (secondary N) is 1. The summed E-state index contributed by atoms with van der Waals surface area (Å²) < 4.78 is 0. The van der Waals surface area contributed by atoms with Gasteiger partial charge in [0, 0.05) is 24.3 Å². The summed E-state index contributed by atoms with van der Waals surface area (Å²) in [7, 11) is 1.98. The molecule has 1 N–H and O–H groups in total. The number of rotatable bonds is 4. The number of hydrogen-bond donors (Lipinski definition) is 1. The van der Waals surface area contributed by atoms with Crippen molar-refractivity contribution in [2.75, 3.05) is 12.4 Å². The topological polar surface area (TPSA) is 15.3 Å². The van der Waals surface area contributed by atoms with Crippen LogP contribution < -0.4 is 5.32 Å². The second-order valence-corrected chi connectivity index (χ2v) is 6.21. The first kappa shape index (κ1) is 16.8. The third-order valence-electron chi connectivity index (χ3n) is 3.62. The zero-order valence-corrected chi connectivity index (χ0v) is 14.8. The molecular formula is C18H21ClN2S. The predicted octanol–water partition coefficient (Wildman–Crippen LogP) is 5.04. The summed E-state index contributed by atoms with van der Waals surface area (Å²) in [6.07, 6.45) is 1.06. The maximum Gasteiger partial charge on any atom is 0.173 e. The molecule has 0 bridgehead atoms. The molecule has 0 saturated carbocycles. The predicted molar refractivity (Wildman–Crippen MR) is 99.7 cm³/mol. The lowest BCUT2D eigenvalue weighted by atomic mass is 10.1. The van der Waals surface area contributed by atoms with Crippen molar-refractivity contribution in [3.63, 3.8) is 0 Å². The molecule has 0 unspecified atom stereocenters. The van der Waals surface area contributed by atoms with Crippen LogP contribution >= 0.6 is 23.8 Å². The van der Waals surface area contributed by atoms with Gasteiger partial charge >= 0.3 is 0 Å². The molecule has 116 valence electrons. The van der Waals surface area contributed by atoms with Gasteiger partial charge < -0.3 is 10.2 Å². The van der Waals surface area contributed by atoms with Crippen LogP contribution in [0.2, 0.25) is 5.02 Å². The standard InChI is InChI=1S/C18H21ClN2S/c1-4-14-6-8-15(9-7-14)12-21(3)18(22)20-16-10-5-13(2)17(19)11-16/h5-11H,4,12H2,1-3H3,(H,20,22). The lowest BCUT2D eigenvalue weighted by Crippen LogP contribution is -2.30. The van der Waals surface area contributed by atoms with Gasteiger partial charge in [-0.15, -0.1) is 0 Å². The highest BCUT2D eigenvalue weighted by atomic mass is 35.5. The highest BCUT2D eigenvalue weighted by Crippen LogP contribution is 2.20. The molecule has 0 aliphatic heterocycles. The molecule has 2 nitrogen and oxygen atoms in total. The normalized spacial score (nSPS) is 10.4. The Morgan fingerprint density at radius 2 is 1.77 bits per heavy atom. The van der Waals surface area contributed by atoms with Gasteiger partial charge in [0.25, 0.3) is 0 Å². The maximum absolute atomic E-state index is 6.14. The Balaban J connectivity index is 1.97. The van der Waals surface area contributed by atoms with Crippen LogP contribution in [0, 0.1) is 6.92 Å². The number of benzene rings is 2. The van der Waals surface area contributed by atoms with Crippen LogP contribution in [0.5, 0.6) is 0 Å². The Morgan fingerprint density at radius 1 is 1.14 bits per heavy atom. The molecule has 22 heavy (non-hydrogen) atoms. The number of halogens is 1. The molecule has 4 heteroatoms. The number of thiocarbonyl (C=S) groups is 1. The van der Waals surface area contributed by atoms with E-state index in [4.69, 9.17) is 23.8 Å². The largest absolute Gasteiger partial charge is 0.348 e. The fourth-order valence-corrected chi connectivity index (χ4v) is 2.48. The zero-order chi connectivity index (χ0) is 16.1. The average molecular weight is 333 g/mol. The monoisotopic (exact) mass is 332 g/mol. The lowest BCUT2D eigenvalue weighted by molar-refractivity contribution is 0.508. The van der Waals surface area contributed by atoms with E-state index in [9.17, 15) is 0 Å². The van der Waals surface area contributed by atoms with Crippen LogP contribution in [0.4, 0.5) is 5.69 Å². The minimum atomic E-state index is 0.680. The molecule has 0 spiro atoms. The van der Waals surface area contributed by atoms with E-state index in [2.05, 4.69) is 36.5 Å². The van der Waals surface area contributed by atoms with Crippen molar-refractivity contribution in [3.05, 3.63) is 64.2 Å². The zero-order valence-electron chi connectivity index (χ0n) is 13.2. The molecule has 0 heterocycles. The molecule has 0 radical (unpaired) electrons. The second-order valence-electron chi connectivity index (χ2n) is 5.42. The smallest absolute Gasteiger partial charge is 0.173 e. The minimum absolute atomic E-state index is 0.680. The summed E-state index contributed by atoms with van der Waals surface area (Å²) in [4.78, 5) is 2.02. The van der Waals surface area contributed by atoms with Crippen molar-refractivity contribution >= 4 is 34.6 Å². The lowest BCUT2D eigenvalue weighted by Gasteiger charge is -2.21. The van der Waals surface area contributed by atoms with Crippen LogP contribution in [-0.2, 0) is 13.0 Å². The molecule has 2 rings (SSSR count). The maximum atomic E-state index is 6.14. The Hall–Kier alpha value is -1.58. The number of anilines is 1. The molecule has 0 fully saturated rings. The number of hydrogen-bond acceptors (Lipinski definition) is 1. The molecule has 0 amide bonds.